The lowest BCUT2D eigenvalue weighted by Crippen LogP contribution is -2.12. The van der Waals surface area contributed by atoms with Crippen LogP contribution in [0.2, 0.25) is 0 Å². The van der Waals surface area contributed by atoms with Gasteiger partial charge in [0.05, 0.1) is 0 Å². The monoisotopic (exact) mass is 253 g/mol. The molecule has 0 spiro atoms. The van der Waals surface area contributed by atoms with Gasteiger partial charge in [-0.25, -0.2) is 0 Å². The van der Waals surface area contributed by atoms with Crippen molar-refractivity contribution in [3.05, 3.63) is 54.6 Å². The van der Waals surface area contributed by atoms with Gasteiger partial charge in [-0.3, -0.25) is 0 Å². The van der Waals surface area contributed by atoms with Crippen molar-refractivity contribution in [2.24, 2.45) is 5.92 Å². The molecule has 100 valence electrons. The van der Waals surface area contributed by atoms with E-state index < -0.39 is 0 Å². The first-order chi connectivity index (χ1) is 9.33. The highest BCUT2D eigenvalue weighted by atomic mass is 14.9. The number of nitrogens with one attached hydrogen (secondary N) is 1. The Labute approximate surface area is 116 Å². The van der Waals surface area contributed by atoms with Crippen molar-refractivity contribution < 1.29 is 0 Å². The molecule has 0 radical (unpaired) electrons. The third kappa shape index (κ3) is 3.85. The van der Waals surface area contributed by atoms with Crippen molar-refractivity contribution in [3.8, 4) is 11.1 Å². The van der Waals surface area contributed by atoms with E-state index in [9.17, 15) is 0 Å². The van der Waals surface area contributed by atoms with Crippen LogP contribution in [0, 0.1) is 5.92 Å². The van der Waals surface area contributed by atoms with E-state index in [1.807, 2.05) is 0 Å². The second-order valence-corrected chi connectivity index (χ2v) is 5.01. The van der Waals surface area contributed by atoms with Gasteiger partial charge in [-0.2, -0.15) is 0 Å². The lowest BCUT2D eigenvalue weighted by molar-refractivity contribution is 0.519. The third-order valence-electron chi connectivity index (χ3n) is 3.74. The van der Waals surface area contributed by atoms with Gasteiger partial charge >= 0.3 is 0 Å². The summed E-state index contributed by atoms with van der Waals surface area (Å²) >= 11 is 0. The summed E-state index contributed by atoms with van der Waals surface area (Å²) in [7, 11) is 0. The number of hydrogen-bond donors (Lipinski definition) is 1. The summed E-state index contributed by atoms with van der Waals surface area (Å²) in [6.45, 7) is 5.58. The summed E-state index contributed by atoms with van der Waals surface area (Å²) in [6, 6.07) is 19.2. The molecule has 0 aromatic heterocycles. The second kappa shape index (κ2) is 6.98. The smallest absolute Gasteiger partial charge is 0.0340 e. The molecule has 1 N–H and O–H groups in total. The highest BCUT2D eigenvalue weighted by Gasteiger charge is 2.03. The van der Waals surface area contributed by atoms with Crippen LogP contribution in [0.1, 0.15) is 26.7 Å². The van der Waals surface area contributed by atoms with E-state index >= 15 is 0 Å². The molecule has 0 amide bonds. The van der Waals surface area contributed by atoms with Crippen LogP contribution in [-0.4, -0.2) is 6.54 Å². The van der Waals surface area contributed by atoms with E-state index in [-0.39, 0.29) is 0 Å². The molecule has 0 saturated carbocycles. The Morgan fingerprint density at radius 2 is 1.37 bits per heavy atom. The van der Waals surface area contributed by atoms with Crippen molar-refractivity contribution in [1.29, 1.82) is 0 Å². The van der Waals surface area contributed by atoms with Gasteiger partial charge < -0.3 is 5.32 Å². The lowest BCUT2D eigenvalue weighted by atomic mass is 10.0. The molecule has 2 rings (SSSR count). The maximum absolute atomic E-state index is 3.53. The molecule has 0 atom stereocenters. The molecule has 19 heavy (non-hydrogen) atoms. The summed E-state index contributed by atoms with van der Waals surface area (Å²) in [5.74, 6) is 0.772. The zero-order valence-corrected chi connectivity index (χ0v) is 11.9. The minimum Gasteiger partial charge on any atom is -0.385 e. The first kappa shape index (κ1) is 13.7. The topological polar surface area (TPSA) is 12.0 Å². The molecule has 0 aliphatic heterocycles. The Bertz CT molecular complexity index is 469. The predicted octanol–water partition coefficient (Wildman–Crippen LogP) is 5.20. The predicted molar refractivity (Wildman–Crippen MR) is 84.4 cm³/mol. The van der Waals surface area contributed by atoms with Crippen LogP contribution in [0.15, 0.2) is 54.6 Å². The number of anilines is 1. The van der Waals surface area contributed by atoms with Crippen LogP contribution in [0.25, 0.3) is 11.1 Å². The minimum absolute atomic E-state index is 0.772. The molecule has 0 aliphatic rings. The molecule has 0 aliphatic carbocycles. The molecule has 0 bridgehead atoms. The molecule has 2 aromatic rings. The van der Waals surface area contributed by atoms with Gasteiger partial charge in [0.15, 0.2) is 0 Å². The SMILES string of the molecule is CCC(CC)CNc1ccc(-c2ccccc2)cc1. The molecule has 0 fully saturated rings. The molecule has 1 heteroatoms. The van der Waals surface area contributed by atoms with Crippen LogP contribution in [0.5, 0.6) is 0 Å². The third-order valence-corrected chi connectivity index (χ3v) is 3.74. The minimum atomic E-state index is 0.772. The standard InChI is InChI=1S/C18H23N/c1-3-15(4-2)14-19-18-12-10-17(11-13-18)16-8-6-5-7-9-16/h5-13,15,19H,3-4,14H2,1-2H3. The molecule has 1 nitrogen and oxygen atoms in total. The van der Waals surface area contributed by atoms with Crippen LogP contribution in [0.3, 0.4) is 0 Å². The van der Waals surface area contributed by atoms with Gasteiger partial charge in [0.25, 0.3) is 0 Å². The Hall–Kier alpha value is -1.76. The van der Waals surface area contributed by atoms with Gasteiger partial charge in [0.2, 0.25) is 0 Å². The largest absolute Gasteiger partial charge is 0.385 e. The fraction of sp³-hybridized carbons (Fsp3) is 0.333. The number of hydrogen-bond acceptors (Lipinski definition) is 1. The van der Waals surface area contributed by atoms with Crippen LogP contribution in [-0.2, 0) is 0 Å². The Balaban J connectivity index is 1.99. The van der Waals surface area contributed by atoms with E-state index in [0.29, 0.717) is 0 Å². The highest BCUT2D eigenvalue weighted by molar-refractivity contribution is 5.65. The zero-order valence-electron chi connectivity index (χ0n) is 11.9. The molecule has 2 aromatic carbocycles. The van der Waals surface area contributed by atoms with E-state index in [0.717, 1.165) is 12.5 Å². The summed E-state index contributed by atoms with van der Waals surface area (Å²) in [5.41, 5.74) is 3.76. The van der Waals surface area contributed by atoms with E-state index in [4.69, 9.17) is 0 Å². The van der Waals surface area contributed by atoms with Crippen molar-refractivity contribution in [1.82, 2.24) is 0 Å². The average molecular weight is 253 g/mol. The molecule has 0 unspecified atom stereocenters. The highest BCUT2D eigenvalue weighted by Crippen LogP contribution is 2.21. The Morgan fingerprint density at radius 3 is 1.95 bits per heavy atom. The van der Waals surface area contributed by atoms with Crippen LogP contribution < -0.4 is 5.32 Å². The maximum atomic E-state index is 3.53. The molecule has 0 heterocycles. The van der Waals surface area contributed by atoms with Gasteiger partial charge in [0, 0.05) is 12.2 Å². The molecular weight excluding hydrogens is 230 g/mol. The van der Waals surface area contributed by atoms with Gasteiger partial charge in [-0.05, 0) is 29.2 Å². The Morgan fingerprint density at radius 1 is 0.789 bits per heavy atom. The number of benzene rings is 2. The van der Waals surface area contributed by atoms with Crippen molar-refractivity contribution in [3.63, 3.8) is 0 Å². The molecular formula is C18H23N. The summed E-state index contributed by atoms with van der Waals surface area (Å²) in [4.78, 5) is 0. The summed E-state index contributed by atoms with van der Waals surface area (Å²) < 4.78 is 0. The summed E-state index contributed by atoms with van der Waals surface area (Å²) in [6.07, 6.45) is 2.48. The van der Waals surface area contributed by atoms with Gasteiger partial charge in [-0.1, -0.05) is 69.2 Å². The first-order valence-electron chi connectivity index (χ1n) is 7.22. The van der Waals surface area contributed by atoms with Gasteiger partial charge in [0.1, 0.15) is 0 Å². The molecule has 0 saturated heterocycles. The Kier molecular flexibility index (Phi) is 5.02. The van der Waals surface area contributed by atoms with Crippen molar-refractivity contribution >= 4 is 5.69 Å². The van der Waals surface area contributed by atoms with E-state index in [1.165, 1.54) is 29.7 Å². The second-order valence-electron chi connectivity index (χ2n) is 5.01. The van der Waals surface area contributed by atoms with Gasteiger partial charge in [-0.15, -0.1) is 0 Å². The maximum Gasteiger partial charge on any atom is 0.0340 e. The summed E-state index contributed by atoms with van der Waals surface area (Å²) in [5, 5.41) is 3.53. The normalized spacial score (nSPS) is 10.7. The van der Waals surface area contributed by atoms with Crippen LogP contribution >= 0.6 is 0 Å². The van der Waals surface area contributed by atoms with E-state index in [2.05, 4.69) is 73.8 Å². The fourth-order valence-corrected chi connectivity index (χ4v) is 2.25. The van der Waals surface area contributed by atoms with Crippen LogP contribution in [0.4, 0.5) is 5.69 Å². The lowest BCUT2D eigenvalue weighted by Gasteiger charge is -2.14. The van der Waals surface area contributed by atoms with Crippen molar-refractivity contribution in [2.75, 3.05) is 11.9 Å². The fourth-order valence-electron chi connectivity index (χ4n) is 2.25. The quantitative estimate of drug-likeness (QED) is 0.746. The number of rotatable bonds is 6. The first-order valence-corrected chi connectivity index (χ1v) is 7.22. The zero-order chi connectivity index (χ0) is 13.5. The van der Waals surface area contributed by atoms with E-state index in [1.54, 1.807) is 0 Å². The average Bonchev–Trinajstić information content (AvgIpc) is 2.50. The van der Waals surface area contributed by atoms with Crippen molar-refractivity contribution in [2.45, 2.75) is 26.7 Å².